The van der Waals surface area contributed by atoms with Crippen molar-refractivity contribution in [1.82, 2.24) is 20.6 Å². The van der Waals surface area contributed by atoms with E-state index >= 15 is 0 Å². The van der Waals surface area contributed by atoms with Gasteiger partial charge in [-0.1, -0.05) is 0 Å². The highest BCUT2D eigenvalue weighted by atomic mass is 16.8. The number of ether oxygens (including phenoxy) is 5. The zero-order chi connectivity index (χ0) is 21.4. The fourth-order valence-corrected chi connectivity index (χ4v) is 6.74. The fourth-order valence-electron chi connectivity index (χ4n) is 6.74. The zero-order valence-electron chi connectivity index (χ0n) is 18.7. The molecule has 5 saturated heterocycles. The molecule has 5 unspecified atom stereocenters. The third kappa shape index (κ3) is 3.15. The first kappa shape index (κ1) is 21.5. The van der Waals surface area contributed by atoms with Gasteiger partial charge in [0.2, 0.25) is 0 Å². The second-order valence-corrected chi connectivity index (χ2v) is 9.50. The Balaban J connectivity index is 1.52. The Labute approximate surface area is 189 Å². The first-order chi connectivity index (χ1) is 15.9. The van der Waals surface area contributed by atoms with Crippen LogP contribution in [0.3, 0.4) is 0 Å². The number of nitrogens with one attached hydrogen (secondary N) is 2. The molecule has 0 amide bonds. The van der Waals surface area contributed by atoms with Gasteiger partial charge in [0.1, 0.15) is 18.1 Å². The molecule has 2 N–H and O–H groups in total. The lowest BCUT2D eigenvalue weighted by Gasteiger charge is -2.59. The Morgan fingerprint density at radius 3 is 2.28 bits per heavy atom. The average molecular weight is 453 g/mol. The first-order valence-corrected chi connectivity index (χ1v) is 12.3. The summed E-state index contributed by atoms with van der Waals surface area (Å²) in [6.45, 7) is 7.06. The predicted molar refractivity (Wildman–Crippen MR) is 113 cm³/mol. The largest absolute Gasteiger partial charge is 0.457 e. The van der Waals surface area contributed by atoms with Crippen molar-refractivity contribution < 1.29 is 28.5 Å². The molecule has 180 valence electrons. The lowest BCUT2D eigenvalue weighted by atomic mass is 9.66. The van der Waals surface area contributed by atoms with Crippen LogP contribution in [0.4, 0.5) is 0 Å². The number of hydrogen-bond acceptors (Lipinski definition) is 10. The van der Waals surface area contributed by atoms with Gasteiger partial charge >= 0.3 is 0 Å². The Hall–Kier alpha value is -0.980. The van der Waals surface area contributed by atoms with Crippen LogP contribution >= 0.6 is 0 Å². The summed E-state index contributed by atoms with van der Waals surface area (Å²) in [7, 11) is 0. The smallest absolute Gasteiger partial charge is 0.264 e. The van der Waals surface area contributed by atoms with Crippen LogP contribution in [0.25, 0.3) is 0 Å². The molecule has 10 heteroatoms. The van der Waals surface area contributed by atoms with Crippen molar-refractivity contribution in [3.05, 3.63) is 12.5 Å². The maximum Gasteiger partial charge on any atom is 0.264 e. The predicted octanol–water partition coefficient (Wildman–Crippen LogP) is 0.112. The molecule has 0 aromatic rings. The standard InChI is InChI=1S/C22H36N4O6/c1-2-11-27-17(4-1)21(25-9-6-23-7-10-25)16-32-26(20-24-8-13-31-20)22(21,18-5-3-12-28-18)19-29-14-15-30-19/h14-15,17-20,23-24H,1-13,16H2. The van der Waals surface area contributed by atoms with Crippen LogP contribution in [-0.4, -0.2) is 105 Å². The second-order valence-electron chi connectivity index (χ2n) is 9.50. The van der Waals surface area contributed by atoms with Crippen LogP contribution < -0.4 is 10.6 Å². The van der Waals surface area contributed by atoms with Crippen molar-refractivity contribution in [1.29, 1.82) is 0 Å². The van der Waals surface area contributed by atoms with Gasteiger partial charge in [-0.05, 0) is 32.1 Å². The van der Waals surface area contributed by atoms with Gasteiger partial charge in [0.25, 0.3) is 6.29 Å². The summed E-state index contributed by atoms with van der Waals surface area (Å²) in [6.07, 6.45) is 7.29. The molecule has 0 spiro atoms. The van der Waals surface area contributed by atoms with E-state index in [1.807, 2.05) is 5.06 Å². The second kappa shape index (κ2) is 8.99. The molecule has 6 rings (SSSR count). The Bertz CT molecular complexity index is 643. The molecule has 6 aliphatic rings. The highest BCUT2D eigenvalue weighted by Gasteiger charge is 2.77. The highest BCUT2D eigenvalue weighted by molar-refractivity contribution is 5.25. The van der Waals surface area contributed by atoms with Crippen LogP contribution in [0, 0.1) is 0 Å². The van der Waals surface area contributed by atoms with Crippen LogP contribution in [0.15, 0.2) is 12.5 Å². The monoisotopic (exact) mass is 452 g/mol. The van der Waals surface area contributed by atoms with E-state index < -0.39 is 17.4 Å². The number of rotatable bonds is 5. The Morgan fingerprint density at radius 2 is 1.59 bits per heavy atom. The van der Waals surface area contributed by atoms with Crippen molar-refractivity contribution in [3.8, 4) is 0 Å². The molecule has 6 aliphatic heterocycles. The molecule has 0 bridgehead atoms. The molecular weight excluding hydrogens is 416 g/mol. The van der Waals surface area contributed by atoms with E-state index in [2.05, 4.69) is 15.5 Å². The zero-order valence-corrected chi connectivity index (χ0v) is 18.7. The van der Waals surface area contributed by atoms with Gasteiger partial charge in [0.05, 0.1) is 25.4 Å². The molecule has 5 fully saturated rings. The van der Waals surface area contributed by atoms with Crippen molar-refractivity contribution >= 4 is 0 Å². The molecule has 32 heavy (non-hydrogen) atoms. The van der Waals surface area contributed by atoms with Gasteiger partial charge < -0.3 is 29.0 Å². The first-order valence-electron chi connectivity index (χ1n) is 12.3. The summed E-state index contributed by atoms with van der Waals surface area (Å²) in [6, 6.07) is 0. The molecular formula is C22H36N4O6. The minimum Gasteiger partial charge on any atom is -0.457 e. The maximum absolute atomic E-state index is 6.64. The van der Waals surface area contributed by atoms with Gasteiger partial charge in [0, 0.05) is 45.9 Å². The van der Waals surface area contributed by atoms with Crippen molar-refractivity contribution in [3.63, 3.8) is 0 Å². The minimum atomic E-state index is -0.769. The van der Waals surface area contributed by atoms with E-state index in [-0.39, 0.29) is 18.6 Å². The van der Waals surface area contributed by atoms with Crippen molar-refractivity contribution in [2.45, 2.75) is 68.0 Å². The molecule has 0 radical (unpaired) electrons. The van der Waals surface area contributed by atoms with Gasteiger partial charge in [-0.15, -0.1) is 5.06 Å². The maximum atomic E-state index is 6.64. The van der Waals surface area contributed by atoms with Gasteiger partial charge in [-0.2, -0.15) is 0 Å². The number of hydroxylamine groups is 2. The van der Waals surface area contributed by atoms with E-state index in [0.717, 1.165) is 78.0 Å². The average Bonchev–Trinajstić information content (AvgIpc) is 3.65. The fraction of sp³-hybridized carbons (Fsp3) is 0.909. The van der Waals surface area contributed by atoms with E-state index in [4.69, 9.17) is 28.5 Å². The van der Waals surface area contributed by atoms with Gasteiger partial charge in [-0.25, -0.2) is 0 Å². The number of nitrogens with zero attached hydrogens (tertiary/aromatic N) is 2. The van der Waals surface area contributed by atoms with Crippen LogP contribution in [-0.2, 0) is 28.5 Å². The number of hydrogen-bond donors (Lipinski definition) is 2. The van der Waals surface area contributed by atoms with E-state index in [0.29, 0.717) is 13.2 Å². The topological polar surface area (TPSA) is 85.9 Å². The summed E-state index contributed by atoms with van der Waals surface area (Å²) < 4.78 is 31.6. The third-order valence-corrected chi connectivity index (χ3v) is 8.03. The van der Waals surface area contributed by atoms with E-state index in [1.54, 1.807) is 12.5 Å². The van der Waals surface area contributed by atoms with E-state index in [9.17, 15) is 0 Å². The molecule has 6 heterocycles. The van der Waals surface area contributed by atoms with Crippen LogP contribution in [0.5, 0.6) is 0 Å². The number of piperazine rings is 1. The summed E-state index contributed by atoms with van der Waals surface area (Å²) in [4.78, 5) is 9.21. The van der Waals surface area contributed by atoms with Gasteiger partial charge in [-0.3, -0.25) is 15.1 Å². The normalized spacial score (nSPS) is 44.2. The SMILES string of the molecule is C1=COC(C2(C3CCCO3)N(C3NCCO3)OCC2(C2CCCCO2)N2CCNCC2)O1. The van der Waals surface area contributed by atoms with Gasteiger partial charge in [0.15, 0.2) is 11.9 Å². The van der Waals surface area contributed by atoms with E-state index in [1.165, 1.54) is 0 Å². The third-order valence-electron chi connectivity index (χ3n) is 8.03. The summed E-state index contributed by atoms with van der Waals surface area (Å²) in [5.74, 6) is 0. The lowest BCUT2D eigenvalue weighted by Crippen LogP contribution is -2.82. The Morgan fingerprint density at radius 1 is 0.812 bits per heavy atom. The Kier molecular flexibility index (Phi) is 6.06. The molecule has 0 aromatic carbocycles. The summed E-state index contributed by atoms with van der Waals surface area (Å²) >= 11 is 0. The highest BCUT2D eigenvalue weighted by Crippen LogP contribution is 2.54. The molecule has 0 aromatic heterocycles. The minimum absolute atomic E-state index is 0.0160. The summed E-state index contributed by atoms with van der Waals surface area (Å²) in [5.41, 5.74) is -1.27. The summed E-state index contributed by atoms with van der Waals surface area (Å²) in [5, 5.41) is 8.97. The molecule has 0 saturated carbocycles. The molecule has 5 atom stereocenters. The molecule has 10 nitrogen and oxygen atoms in total. The van der Waals surface area contributed by atoms with Crippen molar-refractivity contribution in [2.24, 2.45) is 0 Å². The van der Waals surface area contributed by atoms with Crippen molar-refractivity contribution in [2.75, 3.05) is 59.2 Å². The quantitative estimate of drug-likeness (QED) is 0.600. The lowest BCUT2D eigenvalue weighted by molar-refractivity contribution is -0.323. The molecule has 0 aliphatic carbocycles. The van der Waals surface area contributed by atoms with Crippen LogP contribution in [0.1, 0.15) is 32.1 Å². The van der Waals surface area contributed by atoms with Crippen LogP contribution in [0.2, 0.25) is 0 Å².